The highest BCUT2D eigenvalue weighted by molar-refractivity contribution is 5.80. The summed E-state index contributed by atoms with van der Waals surface area (Å²) in [5.41, 5.74) is 0. The molecule has 0 aromatic heterocycles. The summed E-state index contributed by atoms with van der Waals surface area (Å²) in [5, 5.41) is 0. The fourth-order valence-electron chi connectivity index (χ4n) is 0.825. The van der Waals surface area contributed by atoms with E-state index >= 15 is 0 Å². The monoisotopic (exact) mass is 142 g/mol. The largest absolute Gasteiger partial charge is 0.299 e. The Kier molecular flexibility index (Phi) is 5.27. The van der Waals surface area contributed by atoms with Crippen molar-refractivity contribution < 1.29 is 4.79 Å². The van der Waals surface area contributed by atoms with E-state index in [1.807, 2.05) is 6.92 Å². The molecule has 1 heteroatoms. The van der Waals surface area contributed by atoms with Crippen molar-refractivity contribution in [1.29, 1.82) is 0 Å². The standard InChI is InChI=1S/C9H18O/c1-4-6-7-9(10)8(3)5-2/h8H,4-7H2,1-3H3/t8-/m1/s1. The van der Waals surface area contributed by atoms with E-state index in [9.17, 15) is 4.79 Å². The molecule has 0 bridgehead atoms. The predicted octanol–water partition coefficient (Wildman–Crippen LogP) is 2.79. The number of hydrogen-bond donors (Lipinski definition) is 0. The van der Waals surface area contributed by atoms with Crippen molar-refractivity contribution in [2.45, 2.75) is 46.5 Å². The molecule has 0 aliphatic rings. The summed E-state index contributed by atoms with van der Waals surface area (Å²) in [7, 11) is 0. The van der Waals surface area contributed by atoms with Gasteiger partial charge in [-0.1, -0.05) is 27.2 Å². The van der Waals surface area contributed by atoms with E-state index in [2.05, 4.69) is 13.8 Å². The van der Waals surface area contributed by atoms with E-state index in [1.54, 1.807) is 0 Å². The van der Waals surface area contributed by atoms with Crippen LogP contribution in [0.15, 0.2) is 0 Å². The highest BCUT2D eigenvalue weighted by Gasteiger charge is 2.08. The molecule has 0 unspecified atom stereocenters. The van der Waals surface area contributed by atoms with Crippen molar-refractivity contribution in [3.8, 4) is 0 Å². The molecule has 0 amide bonds. The Labute approximate surface area is 63.8 Å². The lowest BCUT2D eigenvalue weighted by atomic mass is 9.99. The van der Waals surface area contributed by atoms with Gasteiger partial charge in [-0.2, -0.15) is 0 Å². The van der Waals surface area contributed by atoms with Crippen LogP contribution in [0, 0.1) is 5.92 Å². The van der Waals surface area contributed by atoms with Crippen LogP contribution in [0.2, 0.25) is 0 Å². The van der Waals surface area contributed by atoms with Gasteiger partial charge < -0.3 is 0 Å². The number of unbranched alkanes of at least 4 members (excludes halogenated alkanes) is 1. The lowest BCUT2D eigenvalue weighted by Crippen LogP contribution is -2.08. The van der Waals surface area contributed by atoms with Crippen molar-refractivity contribution in [2.75, 3.05) is 0 Å². The summed E-state index contributed by atoms with van der Waals surface area (Å²) >= 11 is 0. The van der Waals surface area contributed by atoms with Crippen LogP contribution >= 0.6 is 0 Å². The van der Waals surface area contributed by atoms with Crippen LogP contribution < -0.4 is 0 Å². The van der Waals surface area contributed by atoms with Crippen molar-refractivity contribution in [3.05, 3.63) is 0 Å². The molecule has 10 heavy (non-hydrogen) atoms. The summed E-state index contributed by atoms with van der Waals surface area (Å²) < 4.78 is 0. The van der Waals surface area contributed by atoms with Crippen LogP contribution in [0.25, 0.3) is 0 Å². The van der Waals surface area contributed by atoms with E-state index < -0.39 is 0 Å². The Hall–Kier alpha value is -0.330. The topological polar surface area (TPSA) is 17.1 Å². The zero-order chi connectivity index (χ0) is 7.98. The Morgan fingerprint density at radius 2 is 2.00 bits per heavy atom. The maximum absolute atomic E-state index is 11.1. The molecule has 1 atom stereocenters. The second kappa shape index (κ2) is 5.45. The Balaban J connectivity index is 3.42. The van der Waals surface area contributed by atoms with Gasteiger partial charge in [0.05, 0.1) is 0 Å². The van der Waals surface area contributed by atoms with Crippen LogP contribution in [0.4, 0.5) is 0 Å². The second-order valence-corrected chi connectivity index (χ2v) is 2.88. The van der Waals surface area contributed by atoms with Crippen molar-refractivity contribution in [2.24, 2.45) is 5.92 Å². The molecule has 0 heterocycles. The molecule has 0 rings (SSSR count). The Morgan fingerprint density at radius 1 is 1.40 bits per heavy atom. The van der Waals surface area contributed by atoms with Gasteiger partial charge in [-0.15, -0.1) is 0 Å². The van der Waals surface area contributed by atoms with E-state index in [0.29, 0.717) is 5.78 Å². The summed E-state index contributed by atoms with van der Waals surface area (Å²) in [4.78, 5) is 11.1. The van der Waals surface area contributed by atoms with Crippen LogP contribution in [-0.4, -0.2) is 5.78 Å². The summed E-state index contributed by atoms with van der Waals surface area (Å²) in [5.74, 6) is 0.718. The number of rotatable bonds is 5. The molecule has 1 nitrogen and oxygen atoms in total. The van der Waals surface area contributed by atoms with Crippen molar-refractivity contribution >= 4 is 5.78 Å². The van der Waals surface area contributed by atoms with Crippen LogP contribution in [0.5, 0.6) is 0 Å². The highest BCUT2D eigenvalue weighted by Crippen LogP contribution is 2.07. The number of Topliss-reactive ketones (excluding diaryl/α,β-unsaturated/α-hetero) is 1. The predicted molar refractivity (Wildman–Crippen MR) is 44.0 cm³/mol. The van der Waals surface area contributed by atoms with Gasteiger partial charge in [0, 0.05) is 12.3 Å². The smallest absolute Gasteiger partial charge is 0.135 e. The number of hydrogen-bond acceptors (Lipinski definition) is 1. The van der Waals surface area contributed by atoms with Gasteiger partial charge in [-0.25, -0.2) is 0 Å². The van der Waals surface area contributed by atoms with Crippen molar-refractivity contribution in [1.82, 2.24) is 0 Å². The van der Waals surface area contributed by atoms with Gasteiger partial charge >= 0.3 is 0 Å². The van der Waals surface area contributed by atoms with E-state index in [1.165, 1.54) is 0 Å². The lowest BCUT2D eigenvalue weighted by Gasteiger charge is -2.04. The molecular weight excluding hydrogens is 124 g/mol. The number of carbonyl (C=O) groups is 1. The maximum atomic E-state index is 11.1. The van der Waals surface area contributed by atoms with Crippen molar-refractivity contribution in [3.63, 3.8) is 0 Å². The third kappa shape index (κ3) is 3.65. The quantitative estimate of drug-likeness (QED) is 0.577. The second-order valence-electron chi connectivity index (χ2n) is 2.88. The molecule has 0 N–H and O–H groups in total. The van der Waals surface area contributed by atoms with E-state index in [0.717, 1.165) is 25.7 Å². The van der Waals surface area contributed by atoms with E-state index in [4.69, 9.17) is 0 Å². The maximum Gasteiger partial charge on any atom is 0.135 e. The summed E-state index contributed by atoms with van der Waals surface area (Å²) in [6, 6.07) is 0. The Morgan fingerprint density at radius 3 is 2.40 bits per heavy atom. The van der Waals surface area contributed by atoms with Crippen LogP contribution in [0.3, 0.4) is 0 Å². The zero-order valence-electron chi connectivity index (χ0n) is 7.31. The molecule has 0 saturated carbocycles. The lowest BCUT2D eigenvalue weighted by molar-refractivity contribution is -0.122. The van der Waals surface area contributed by atoms with Crippen LogP contribution in [-0.2, 0) is 4.79 Å². The van der Waals surface area contributed by atoms with E-state index in [-0.39, 0.29) is 5.92 Å². The average molecular weight is 142 g/mol. The molecule has 0 aliphatic heterocycles. The fourth-order valence-corrected chi connectivity index (χ4v) is 0.825. The average Bonchev–Trinajstić information content (AvgIpc) is 1.98. The minimum Gasteiger partial charge on any atom is -0.299 e. The SMILES string of the molecule is CCCCC(=O)[C@H](C)CC. The van der Waals surface area contributed by atoms with Crippen LogP contribution in [0.1, 0.15) is 46.5 Å². The number of ketones is 1. The van der Waals surface area contributed by atoms with Gasteiger partial charge in [0.1, 0.15) is 5.78 Å². The minimum absolute atomic E-state index is 0.284. The van der Waals surface area contributed by atoms with Gasteiger partial charge in [-0.3, -0.25) is 4.79 Å². The van der Waals surface area contributed by atoms with Gasteiger partial charge in [0.25, 0.3) is 0 Å². The molecule has 0 fully saturated rings. The molecule has 0 radical (unpaired) electrons. The summed E-state index contributed by atoms with van der Waals surface area (Å²) in [6.07, 6.45) is 3.96. The molecule has 60 valence electrons. The first-order chi connectivity index (χ1) is 4.72. The summed E-state index contributed by atoms with van der Waals surface area (Å²) in [6.45, 7) is 6.19. The fraction of sp³-hybridized carbons (Fsp3) is 0.889. The molecule has 0 aliphatic carbocycles. The third-order valence-electron chi connectivity index (χ3n) is 1.94. The molecule has 0 spiro atoms. The van der Waals surface area contributed by atoms with Gasteiger partial charge in [-0.05, 0) is 12.8 Å². The first kappa shape index (κ1) is 9.67. The van der Waals surface area contributed by atoms with Gasteiger partial charge in [0.2, 0.25) is 0 Å². The molecular formula is C9H18O. The Bertz CT molecular complexity index is 96.9. The minimum atomic E-state index is 0.284. The van der Waals surface area contributed by atoms with Gasteiger partial charge in [0.15, 0.2) is 0 Å². The molecule has 0 aromatic carbocycles. The first-order valence-corrected chi connectivity index (χ1v) is 4.25. The number of carbonyl (C=O) groups excluding carboxylic acids is 1. The zero-order valence-corrected chi connectivity index (χ0v) is 7.31. The first-order valence-electron chi connectivity index (χ1n) is 4.25. The normalized spacial score (nSPS) is 13.1. The molecule has 0 saturated heterocycles. The molecule has 0 aromatic rings. The third-order valence-corrected chi connectivity index (χ3v) is 1.94. The highest BCUT2D eigenvalue weighted by atomic mass is 16.1.